The van der Waals surface area contributed by atoms with Gasteiger partial charge >= 0.3 is 18.4 Å². The first-order valence-corrected chi connectivity index (χ1v) is 20.6. The second kappa shape index (κ2) is 18.8. The zero-order valence-electron chi connectivity index (χ0n) is 33.0. The first-order chi connectivity index (χ1) is 27.5. The second-order valence-electron chi connectivity index (χ2n) is 14.6. The molecule has 5 rings (SSSR count). The summed E-state index contributed by atoms with van der Waals surface area (Å²) >= 11 is 0. The lowest BCUT2D eigenvalue weighted by molar-refractivity contribution is -0.141. The van der Waals surface area contributed by atoms with Gasteiger partial charge in [-0.2, -0.15) is 18.3 Å². The smallest absolute Gasteiger partial charge is 0.435 e. The second-order valence-corrected chi connectivity index (χ2v) is 16.3. The fourth-order valence-electron chi connectivity index (χ4n) is 6.89. The number of alkyl halides is 3. The van der Waals surface area contributed by atoms with Crippen LogP contribution in [0.15, 0.2) is 95.4 Å². The minimum atomic E-state index is -4.72. The largest absolute Gasteiger partial charge is 0.507 e. The Morgan fingerprint density at radius 1 is 1.00 bits per heavy atom. The van der Waals surface area contributed by atoms with Gasteiger partial charge in [-0.05, 0) is 107 Å². The third kappa shape index (κ3) is 11.1. The van der Waals surface area contributed by atoms with Gasteiger partial charge in [0.25, 0.3) is 10.0 Å². The molecule has 0 fully saturated rings. The van der Waals surface area contributed by atoms with E-state index in [1.165, 1.54) is 17.7 Å². The van der Waals surface area contributed by atoms with E-state index >= 15 is 0 Å². The number of hydrogen-bond donors (Lipinski definition) is 3. The molecule has 2 amide bonds. The molecular formula is C43H49F3N4O7S. The molecule has 1 aliphatic rings. The highest BCUT2D eigenvalue weighted by Crippen LogP contribution is 2.47. The number of aromatic nitrogens is 2. The quantitative estimate of drug-likeness (QED) is 0.0793. The number of carbonyl (C=O) groups excluding carboxylic acids is 2. The number of phenolic OH excluding ortho intramolecular Hbond substituents is 1. The Morgan fingerprint density at radius 3 is 2.36 bits per heavy atom. The summed E-state index contributed by atoms with van der Waals surface area (Å²) in [6.45, 7) is 11.9. The Bertz CT molecular complexity index is 2250. The molecule has 1 aromatic heterocycles. The number of phenols is 1. The zero-order chi connectivity index (χ0) is 42.2. The molecule has 0 aliphatic heterocycles. The molecule has 3 aromatic carbocycles. The zero-order valence-corrected chi connectivity index (χ0v) is 33.8. The van der Waals surface area contributed by atoms with E-state index in [9.17, 15) is 36.3 Å². The van der Waals surface area contributed by atoms with Crippen LogP contribution in [0.1, 0.15) is 87.6 Å². The summed E-state index contributed by atoms with van der Waals surface area (Å²) in [5.41, 5.74) is 4.06. The molecular weight excluding hydrogens is 774 g/mol. The number of sulfonamides is 1. The highest BCUT2D eigenvalue weighted by atomic mass is 32.2. The summed E-state index contributed by atoms with van der Waals surface area (Å²) in [7, 11) is -4.43. The average Bonchev–Trinajstić information content (AvgIpc) is 3.61. The number of unbranched alkanes of at least 4 members (excludes halogenated alkanes) is 2. The monoisotopic (exact) mass is 822 g/mol. The summed E-state index contributed by atoms with van der Waals surface area (Å²) in [4.78, 5) is 25.1. The predicted molar refractivity (Wildman–Crippen MR) is 214 cm³/mol. The minimum absolute atomic E-state index is 0.0166. The highest BCUT2D eigenvalue weighted by molar-refractivity contribution is 7.90. The molecule has 4 aromatic rings. The number of nitrogens with one attached hydrogen (secondary N) is 2. The average molecular weight is 823 g/mol. The van der Waals surface area contributed by atoms with Gasteiger partial charge in [-0.1, -0.05) is 73.4 Å². The number of aromatic hydroxyl groups is 1. The first kappa shape index (κ1) is 43.6. The van der Waals surface area contributed by atoms with E-state index in [4.69, 9.17) is 9.47 Å². The van der Waals surface area contributed by atoms with Gasteiger partial charge < -0.3 is 19.9 Å². The van der Waals surface area contributed by atoms with Crippen molar-refractivity contribution in [2.75, 3.05) is 13.2 Å². The first-order valence-electron chi connectivity index (χ1n) is 19.1. The maximum atomic E-state index is 13.6. The van der Waals surface area contributed by atoms with Crippen LogP contribution in [0.2, 0.25) is 0 Å². The van der Waals surface area contributed by atoms with Crippen molar-refractivity contribution in [3.05, 3.63) is 113 Å². The number of rotatable bonds is 15. The van der Waals surface area contributed by atoms with Crippen LogP contribution in [0.5, 0.6) is 11.5 Å². The third-order valence-electron chi connectivity index (χ3n) is 9.95. The maximum Gasteiger partial charge on any atom is 0.435 e. The van der Waals surface area contributed by atoms with Crippen LogP contribution in [-0.2, 0) is 27.4 Å². The number of halogens is 3. The van der Waals surface area contributed by atoms with E-state index in [0.29, 0.717) is 17.5 Å². The van der Waals surface area contributed by atoms with Gasteiger partial charge in [-0.3, -0.25) is 0 Å². The molecule has 0 saturated carbocycles. The van der Waals surface area contributed by atoms with E-state index in [1.807, 2.05) is 20.8 Å². The normalized spacial score (nSPS) is 15.7. The van der Waals surface area contributed by atoms with E-state index in [0.717, 1.165) is 71.7 Å². The number of nitrogens with zero attached hydrogens (tertiary/aromatic N) is 2. The Kier molecular flexibility index (Phi) is 14.1. The topological polar surface area (TPSA) is 149 Å². The van der Waals surface area contributed by atoms with Crippen molar-refractivity contribution in [1.29, 1.82) is 0 Å². The molecule has 2 atom stereocenters. The lowest BCUT2D eigenvalue weighted by Gasteiger charge is -2.32. The van der Waals surface area contributed by atoms with Crippen LogP contribution >= 0.6 is 0 Å². The van der Waals surface area contributed by atoms with E-state index in [-0.39, 0.29) is 59.2 Å². The molecule has 0 radical (unpaired) electrons. The number of allylic oxidation sites excluding steroid dienone is 3. The molecule has 1 heterocycles. The Hall–Kier alpha value is -5.57. The molecule has 3 N–H and O–H groups in total. The number of ether oxygens (including phenoxy) is 2. The Labute approximate surface area is 337 Å². The molecule has 58 heavy (non-hydrogen) atoms. The predicted octanol–water partition coefficient (Wildman–Crippen LogP) is 9.91. The molecule has 0 spiro atoms. The molecule has 310 valence electrons. The van der Waals surface area contributed by atoms with Gasteiger partial charge in [0.15, 0.2) is 5.69 Å². The molecule has 0 unspecified atom stereocenters. The van der Waals surface area contributed by atoms with E-state index in [1.54, 1.807) is 41.1 Å². The molecule has 1 aliphatic carbocycles. The molecule has 0 bridgehead atoms. The van der Waals surface area contributed by atoms with Gasteiger partial charge in [0.05, 0.1) is 22.9 Å². The van der Waals surface area contributed by atoms with Crippen LogP contribution < -0.4 is 14.8 Å². The lowest BCUT2D eigenvalue weighted by atomic mass is 9.73. The van der Waals surface area contributed by atoms with Gasteiger partial charge in [0.2, 0.25) is 0 Å². The van der Waals surface area contributed by atoms with Gasteiger partial charge in [-0.15, -0.1) is 0 Å². The van der Waals surface area contributed by atoms with Gasteiger partial charge in [0.1, 0.15) is 11.5 Å². The lowest BCUT2D eigenvalue weighted by Crippen LogP contribution is -2.32. The number of aryl methyl sites for hydroxylation is 2. The minimum Gasteiger partial charge on any atom is -0.507 e. The molecule has 11 nitrogen and oxygen atoms in total. The number of carbonyl (C=O) groups is 2. The van der Waals surface area contributed by atoms with E-state index < -0.39 is 34.1 Å². The van der Waals surface area contributed by atoms with Crippen LogP contribution in [-0.4, -0.2) is 48.6 Å². The summed E-state index contributed by atoms with van der Waals surface area (Å²) in [5, 5.41) is 17.6. The van der Waals surface area contributed by atoms with Crippen LogP contribution in [0.3, 0.4) is 0 Å². The maximum absolute atomic E-state index is 13.6. The molecule has 15 heteroatoms. The third-order valence-corrected chi connectivity index (χ3v) is 11.3. The van der Waals surface area contributed by atoms with Crippen molar-refractivity contribution in [3.8, 4) is 28.4 Å². The van der Waals surface area contributed by atoms with Crippen LogP contribution in [0.4, 0.5) is 22.8 Å². The van der Waals surface area contributed by atoms with Crippen molar-refractivity contribution in [2.45, 2.75) is 89.6 Å². The van der Waals surface area contributed by atoms with Gasteiger partial charge in [-0.25, -0.2) is 27.4 Å². The Balaban J connectivity index is 1.17. The summed E-state index contributed by atoms with van der Waals surface area (Å²) < 4.78 is 80.4. The fourth-order valence-corrected chi connectivity index (χ4v) is 7.78. The van der Waals surface area contributed by atoms with Crippen LogP contribution in [0.25, 0.3) is 16.9 Å². The fraction of sp³-hybridized carbons (Fsp3) is 0.372. The van der Waals surface area contributed by atoms with Crippen molar-refractivity contribution in [2.24, 2.45) is 5.92 Å². The van der Waals surface area contributed by atoms with E-state index in [2.05, 4.69) is 30.0 Å². The highest BCUT2D eigenvalue weighted by Gasteiger charge is 2.36. The SMILES string of the molecule is C=C(C)[C@@H]1CCC(C)=C[C@H]1c1c(O)cc(CCCCC)cc1OC(=O)NCCCOC(=O)NS(=O)(=O)c1ccc(-n2nc(C(F)(F)F)cc2-c2ccc(C)cc2)cc1. The summed E-state index contributed by atoms with van der Waals surface area (Å²) in [6, 6.07) is 16.1. The van der Waals surface area contributed by atoms with Gasteiger partial charge in [0, 0.05) is 23.6 Å². The molecule has 0 saturated heterocycles. The standard InChI is InChI=1S/C43H49F3N4O7S/c1-6-7-8-10-30-24-37(51)40(35-23-29(5)13-20-34(35)27(2)3)38(25-30)57-41(52)47-21-9-22-56-42(53)49-58(54,55)33-18-16-32(17-19-33)50-36(26-39(48-50)43(44,45)46)31-14-11-28(4)12-15-31/h11-12,14-19,23-26,34-35,51H,2,6-10,13,20-22H2,1,3-5H3,(H,47,52)(H,49,53)/t34-,35+/m0/s1. The Morgan fingerprint density at radius 2 is 1.71 bits per heavy atom. The van der Waals surface area contributed by atoms with Crippen molar-refractivity contribution >= 4 is 22.2 Å². The summed E-state index contributed by atoms with van der Waals surface area (Å²) in [5.74, 6) is 0.114. The van der Waals surface area contributed by atoms with Crippen LogP contribution in [0, 0.1) is 12.8 Å². The van der Waals surface area contributed by atoms with Crippen molar-refractivity contribution in [3.63, 3.8) is 0 Å². The number of hydrogen-bond acceptors (Lipinski definition) is 8. The van der Waals surface area contributed by atoms with Crippen molar-refractivity contribution < 1.29 is 45.8 Å². The summed E-state index contributed by atoms with van der Waals surface area (Å²) in [6.07, 6.45) is 0.864. The number of amides is 2. The van der Waals surface area contributed by atoms with Crippen molar-refractivity contribution in [1.82, 2.24) is 19.8 Å². The number of benzene rings is 3.